The number of aromatic nitrogens is 2. The Kier molecular flexibility index (Phi) is 4.28. The molecule has 0 atom stereocenters. The van der Waals surface area contributed by atoms with Gasteiger partial charge in [-0.3, -0.25) is 0 Å². The molecule has 0 bridgehead atoms. The molecule has 2 aromatic rings. The lowest BCUT2D eigenvalue weighted by Crippen LogP contribution is -2.12. The van der Waals surface area contributed by atoms with Crippen LogP contribution in [-0.2, 0) is 6.18 Å². The lowest BCUT2D eigenvalue weighted by atomic mass is 10.3. The highest BCUT2D eigenvalue weighted by molar-refractivity contribution is 7.09. The maximum absolute atomic E-state index is 12.3. The molecule has 0 fully saturated rings. The van der Waals surface area contributed by atoms with Crippen LogP contribution in [0.2, 0.25) is 0 Å². The molecule has 3 N–H and O–H groups in total. The molecule has 5 nitrogen and oxygen atoms in total. The number of alkyl halides is 3. The molecule has 1 aromatic heterocycles. The van der Waals surface area contributed by atoms with Gasteiger partial charge in [0.25, 0.3) is 0 Å². The Morgan fingerprint density at radius 2 is 2.15 bits per heavy atom. The number of nitrogens with one attached hydrogen (secondary N) is 1. The van der Waals surface area contributed by atoms with Crippen LogP contribution in [0.15, 0.2) is 24.3 Å². The topological polar surface area (TPSA) is 73.1 Å². The predicted molar refractivity (Wildman–Crippen MR) is 69.8 cm³/mol. The van der Waals surface area contributed by atoms with E-state index in [1.807, 2.05) is 0 Å². The second kappa shape index (κ2) is 5.95. The maximum Gasteiger partial charge on any atom is 0.452 e. The largest absolute Gasteiger partial charge is 0.492 e. The number of ether oxygens (including phenoxy) is 1. The van der Waals surface area contributed by atoms with Gasteiger partial charge in [0.15, 0.2) is 0 Å². The molecule has 0 aliphatic carbocycles. The molecule has 1 heterocycles. The summed E-state index contributed by atoms with van der Waals surface area (Å²) >= 11 is 0.657. The zero-order valence-corrected chi connectivity index (χ0v) is 11.0. The minimum Gasteiger partial charge on any atom is -0.492 e. The molecule has 108 valence electrons. The highest BCUT2D eigenvalue weighted by Crippen LogP contribution is 2.28. The van der Waals surface area contributed by atoms with Crippen LogP contribution in [0.5, 0.6) is 5.75 Å². The maximum atomic E-state index is 12.3. The van der Waals surface area contributed by atoms with Gasteiger partial charge in [-0.05, 0) is 12.1 Å². The van der Waals surface area contributed by atoms with Gasteiger partial charge in [-0.2, -0.15) is 22.5 Å². The summed E-state index contributed by atoms with van der Waals surface area (Å²) in [5, 5.41) is 2.82. The molecule has 0 saturated heterocycles. The first kappa shape index (κ1) is 14.4. The van der Waals surface area contributed by atoms with E-state index in [1.165, 1.54) is 0 Å². The Morgan fingerprint density at radius 1 is 1.35 bits per heavy atom. The minimum absolute atomic E-state index is 0.105. The first-order valence-electron chi connectivity index (χ1n) is 5.58. The number of rotatable bonds is 5. The van der Waals surface area contributed by atoms with Crippen LogP contribution < -0.4 is 15.8 Å². The fraction of sp³-hybridized carbons (Fsp3) is 0.273. The van der Waals surface area contributed by atoms with E-state index in [2.05, 4.69) is 14.7 Å². The van der Waals surface area contributed by atoms with Crippen molar-refractivity contribution in [1.29, 1.82) is 0 Å². The summed E-state index contributed by atoms with van der Waals surface area (Å²) in [5.74, 6) is -0.540. The van der Waals surface area contributed by atoms with Crippen LogP contribution in [-0.4, -0.2) is 22.5 Å². The van der Waals surface area contributed by atoms with Crippen LogP contribution >= 0.6 is 11.5 Å². The lowest BCUT2D eigenvalue weighted by Gasteiger charge is -2.06. The van der Waals surface area contributed by atoms with Gasteiger partial charge in [-0.15, -0.1) is 0 Å². The van der Waals surface area contributed by atoms with Crippen molar-refractivity contribution < 1.29 is 17.9 Å². The predicted octanol–water partition coefficient (Wildman–Crippen LogP) is 2.63. The second-order valence-electron chi connectivity index (χ2n) is 3.77. The van der Waals surface area contributed by atoms with E-state index in [0.717, 1.165) is 0 Å². The van der Waals surface area contributed by atoms with E-state index in [0.29, 0.717) is 29.5 Å². The Balaban J connectivity index is 1.77. The molecule has 0 amide bonds. The zero-order chi connectivity index (χ0) is 14.6. The zero-order valence-electron chi connectivity index (χ0n) is 10.1. The number of anilines is 2. The van der Waals surface area contributed by atoms with Gasteiger partial charge < -0.3 is 15.8 Å². The van der Waals surface area contributed by atoms with Crippen molar-refractivity contribution in [3.63, 3.8) is 0 Å². The molecule has 0 spiro atoms. The van der Waals surface area contributed by atoms with E-state index in [4.69, 9.17) is 10.5 Å². The van der Waals surface area contributed by atoms with Crippen molar-refractivity contribution in [2.75, 3.05) is 24.2 Å². The number of hydrogen-bond donors (Lipinski definition) is 2. The van der Waals surface area contributed by atoms with Crippen molar-refractivity contribution in [2.45, 2.75) is 6.18 Å². The molecule has 20 heavy (non-hydrogen) atoms. The smallest absolute Gasteiger partial charge is 0.452 e. The standard InChI is InChI=1S/C11H11F3N4OS/c12-11(13,14)9-17-10(20-18-9)16-4-5-19-8-3-1-2-7(15)6-8/h1-3,6H,4-5,15H2,(H,16,17,18). The second-order valence-corrected chi connectivity index (χ2v) is 4.52. The van der Waals surface area contributed by atoms with E-state index >= 15 is 0 Å². The molecule has 9 heteroatoms. The van der Waals surface area contributed by atoms with E-state index in [1.54, 1.807) is 24.3 Å². The number of benzene rings is 1. The minimum atomic E-state index is -4.52. The third-order valence-corrected chi connectivity index (χ3v) is 2.86. The summed E-state index contributed by atoms with van der Waals surface area (Å²) in [4.78, 5) is 3.34. The summed E-state index contributed by atoms with van der Waals surface area (Å²) in [7, 11) is 0. The van der Waals surface area contributed by atoms with Crippen LogP contribution in [0.3, 0.4) is 0 Å². The highest BCUT2D eigenvalue weighted by Gasteiger charge is 2.36. The Morgan fingerprint density at radius 3 is 2.80 bits per heavy atom. The van der Waals surface area contributed by atoms with Crippen LogP contribution in [0.1, 0.15) is 5.82 Å². The average Bonchev–Trinajstić information content (AvgIpc) is 2.83. The molecule has 0 saturated carbocycles. The summed E-state index contributed by atoms with van der Waals surface area (Å²) in [6, 6.07) is 6.87. The molecular formula is C11H11F3N4OS. The van der Waals surface area contributed by atoms with Crippen LogP contribution in [0.25, 0.3) is 0 Å². The van der Waals surface area contributed by atoms with E-state index in [9.17, 15) is 13.2 Å². The molecule has 0 radical (unpaired) electrons. The fourth-order valence-corrected chi connectivity index (χ4v) is 1.95. The third-order valence-electron chi connectivity index (χ3n) is 2.18. The fourth-order valence-electron chi connectivity index (χ4n) is 1.34. The van der Waals surface area contributed by atoms with Crippen LogP contribution in [0.4, 0.5) is 24.0 Å². The monoisotopic (exact) mass is 304 g/mol. The first-order chi connectivity index (χ1) is 9.45. The van der Waals surface area contributed by atoms with Gasteiger partial charge in [-0.1, -0.05) is 6.07 Å². The number of nitrogens with two attached hydrogens (primary N) is 1. The quantitative estimate of drug-likeness (QED) is 0.656. The van der Waals surface area contributed by atoms with Gasteiger partial charge in [0.2, 0.25) is 11.0 Å². The van der Waals surface area contributed by atoms with Gasteiger partial charge in [0.05, 0.1) is 6.54 Å². The molecule has 0 aliphatic heterocycles. The summed E-state index contributed by atoms with van der Waals surface area (Å²) in [6.07, 6.45) is -4.52. The number of nitrogens with zero attached hydrogens (tertiary/aromatic N) is 2. The van der Waals surface area contributed by atoms with E-state index in [-0.39, 0.29) is 11.7 Å². The third kappa shape index (κ3) is 3.98. The van der Waals surface area contributed by atoms with Crippen molar-refractivity contribution >= 4 is 22.4 Å². The summed E-state index contributed by atoms with van der Waals surface area (Å²) in [5.41, 5.74) is 6.16. The van der Waals surface area contributed by atoms with Crippen molar-refractivity contribution in [2.24, 2.45) is 0 Å². The SMILES string of the molecule is Nc1cccc(OCCNc2nc(C(F)(F)F)ns2)c1. The molecule has 0 unspecified atom stereocenters. The summed E-state index contributed by atoms with van der Waals surface area (Å²) in [6.45, 7) is 0.575. The number of hydrogen-bond acceptors (Lipinski definition) is 6. The van der Waals surface area contributed by atoms with Crippen molar-refractivity contribution in [3.8, 4) is 5.75 Å². The van der Waals surface area contributed by atoms with Gasteiger partial charge >= 0.3 is 6.18 Å². The van der Waals surface area contributed by atoms with E-state index < -0.39 is 12.0 Å². The van der Waals surface area contributed by atoms with Crippen molar-refractivity contribution in [3.05, 3.63) is 30.1 Å². The molecular weight excluding hydrogens is 293 g/mol. The van der Waals surface area contributed by atoms with Gasteiger partial charge in [-0.25, -0.2) is 0 Å². The number of halogens is 3. The molecule has 1 aromatic carbocycles. The number of nitrogen functional groups attached to an aromatic ring is 1. The van der Waals surface area contributed by atoms with Gasteiger partial charge in [0, 0.05) is 23.3 Å². The summed E-state index contributed by atoms with van der Waals surface area (Å²) < 4.78 is 45.4. The Labute approximate surface area is 116 Å². The van der Waals surface area contributed by atoms with Gasteiger partial charge in [0.1, 0.15) is 12.4 Å². The lowest BCUT2D eigenvalue weighted by molar-refractivity contribution is -0.144. The average molecular weight is 304 g/mol. The van der Waals surface area contributed by atoms with Crippen molar-refractivity contribution in [1.82, 2.24) is 9.36 Å². The normalized spacial score (nSPS) is 11.3. The highest BCUT2D eigenvalue weighted by atomic mass is 32.1. The Bertz CT molecular complexity index is 573. The first-order valence-corrected chi connectivity index (χ1v) is 6.35. The molecule has 0 aliphatic rings. The van der Waals surface area contributed by atoms with Crippen LogP contribution in [0, 0.1) is 0 Å². The Hall–Kier alpha value is -2.03. The molecule has 2 rings (SSSR count).